The zero-order valence-corrected chi connectivity index (χ0v) is 16.2. The van der Waals surface area contributed by atoms with Crippen molar-refractivity contribution in [3.8, 4) is 11.5 Å². The molecule has 2 aromatic carbocycles. The van der Waals surface area contributed by atoms with E-state index < -0.39 is 0 Å². The SMILES string of the molecule is COc1ccc(C2=Cc3ccc(OC)cc3C3CCC(C)(C)CC23)cc1. The third-order valence-electron chi connectivity index (χ3n) is 6.22. The Labute approximate surface area is 156 Å². The van der Waals surface area contributed by atoms with E-state index in [1.807, 2.05) is 0 Å². The van der Waals surface area contributed by atoms with Crippen LogP contribution in [-0.2, 0) is 0 Å². The number of hydrogen-bond acceptors (Lipinski definition) is 2. The summed E-state index contributed by atoms with van der Waals surface area (Å²) in [6.45, 7) is 4.83. The van der Waals surface area contributed by atoms with Crippen LogP contribution < -0.4 is 9.47 Å². The Balaban J connectivity index is 1.82. The van der Waals surface area contributed by atoms with E-state index >= 15 is 0 Å². The number of ether oxygens (including phenoxy) is 2. The summed E-state index contributed by atoms with van der Waals surface area (Å²) in [6.07, 6.45) is 6.15. The Kier molecular flexibility index (Phi) is 4.30. The summed E-state index contributed by atoms with van der Waals surface area (Å²) in [4.78, 5) is 0. The maximum Gasteiger partial charge on any atom is 0.119 e. The Morgan fingerprint density at radius 2 is 1.58 bits per heavy atom. The first-order chi connectivity index (χ1) is 12.5. The maximum absolute atomic E-state index is 5.50. The molecule has 2 nitrogen and oxygen atoms in total. The summed E-state index contributed by atoms with van der Waals surface area (Å²) in [7, 11) is 3.48. The molecule has 0 bridgehead atoms. The molecular weight excluding hydrogens is 320 g/mol. The van der Waals surface area contributed by atoms with Crippen LogP contribution in [-0.4, -0.2) is 14.2 Å². The zero-order valence-electron chi connectivity index (χ0n) is 16.2. The lowest BCUT2D eigenvalue weighted by molar-refractivity contribution is 0.187. The van der Waals surface area contributed by atoms with Gasteiger partial charge in [0.1, 0.15) is 11.5 Å². The van der Waals surface area contributed by atoms with Gasteiger partial charge in [0.25, 0.3) is 0 Å². The molecule has 0 aliphatic heterocycles. The highest BCUT2D eigenvalue weighted by atomic mass is 16.5. The second-order valence-electron chi connectivity index (χ2n) is 8.44. The first-order valence-corrected chi connectivity index (χ1v) is 9.55. The molecule has 136 valence electrons. The average molecular weight is 348 g/mol. The van der Waals surface area contributed by atoms with Gasteiger partial charge < -0.3 is 9.47 Å². The number of benzene rings is 2. The van der Waals surface area contributed by atoms with Gasteiger partial charge in [-0.2, -0.15) is 0 Å². The van der Waals surface area contributed by atoms with Gasteiger partial charge in [-0.3, -0.25) is 0 Å². The molecule has 2 aliphatic carbocycles. The molecular formula is C24H28O2. The van der Waals surface area contributed by atoms with E-state index in [0.29, 0.717) is 17.3 Å². The van der Waals surface area contributed by atoms with Gasteiger partial charge in [0.2, 0.25) is 0 Å². The fraction of sp³-hybridized carbons (Fsp3) is 0.417. The Morgan fingerprint density at radius 1 is 0.885 bits per heavy atom. The van der Waals surface area contributed by atoms with Crippen LogP contribution in [0.25, 0.3) is 11.6 Å². The summed E-state index contributed by atoms with van der Waals surface area (Å²) >= 11 is 0. The van der Waals surface area contributed by atoms with E-state index in [1.54, 1.807) is 14.2 Å². The molecule has 0 spiro atoms. The van der Waals surface area contributed by atoms with Crippen LogP contribution in [0.3, 0.4) is 0 Å². The highest BCUT2D eigenvalue weighted by Crippen LogP contribution is 2.55. The maximum atomic E-state index is 5.50. The molecule has 4 rings (SSSR count). The van der Waals surface area contributed by atoms with Crippen LogP contribution in [0.2, 0.25) is 0 Å². The Bertz CT molecular complexity index is 830. The third-order valence-corrected chi connectivity index (χ3v) is 6.22. The van der Waals surface area contributed by atoms with Crippen molar-refractivity contribution in [1.82, 2.24) is 0 Å². The van der Waals surface area contributed by atoms with Crippen molar-refractivity contribution in [2.45, 2.75) is 39.0 Å². The van der Waals surface area contributed by atoms with Crippen LogP contribution in [0.1, 0.15) is 55.7 Å². The van der Waals surface area contributed by atoms with Crippen molar-refractivity contribution in [2.24, 2.45) is 11.3 Å². The van der Waals surface area contributed by atoms with Crippen molar-refractivity contribution in [2.75, 3.05) is 14.2 Å². The molecule has 2 atom stereocenters. The minimum Gasteiger partial charge on any atom is -0.497 e. The summed E-state index contributed by atoms with van der Waals surface area (Å²) in [5, 5.41) is 0. The first kappa shape index (κ1) is 17.2. The van der Waals surface area contributed by atoms with E-state index in [2.05, 4.69) is 62.4 Å². The van der Waals surface area contributed by atoms with Crippen LogP contribution in [0.4, 0.5) is 0 Å². The van der Waals surface area contributed by atoms with E-state index in [4.69, 9.17) is 9.47 Å². The largest absolute Gasteiger partial charge is 0.497 e. The highest BCUT2D eigenvalue weighted by Gasteiger charge is 2.40. The van der Waals surface area contributed by atoms with Crippen LogP contribution in [0.5, 0.6) is 11.5 Å². The second kappa shape index (κ2) is 6.50. The van der Waals surface area contributed by atoms with Gasteiger partial charge in [-0.1, -0.05) is 38.1 Å². The molecule has 2 aliphatic rings. The molecule has 0 radical (unpaired) electrons. The molecule has 0 aromatic heterocycles. The van der Waals surface area contributed by atoms with Crippen molar-refractivity contribution in [3.05, 3.63) is 59.2 Å². The minimum atomic E-state index is 0.392. The number of hydrogen-bond donors (Lipinski definition) is 0. The number of methoxy groups -OCH3 is 2. The number of allylic oxidation sites excluding steroid dienone is 1. The zero-order chi connectivity index (χ0) is 18.3. The van der Waals surface area contributed by atoms with E-state index in [1.165, 1.54) is 41.5 Å². The minimum absolute atomic E-state index is 0.392. The molecule has 1 fully saturated rings. The van der Waals surface area contributed by atoms with Crippen molar-refractivity contribution in [3.63, 3.8) is 0 Å². The molecule has 0 N–H and O–H groups in total. The van der Waals surface area contributed by atoms with Gasteiger partial charge in [0, 0.05) is 0 Å². The average Bonchev–Trinajstić information content (AvgIpc) is 2.66. The topological polar surface area (TPSA) is 18.5 Å². The van der Waals surface area contributed by atoms with Gasteiger partial charge in [-0.15, -0.1) is 0 Å². The van der Waals surface area contributed by atoms with Gasteiger partial charge in [-0.05, 0) is 83.0 Å². The molecule has 2 heteroatoms. The predicted molar refractivity (Wildman–Crippen MR) is 108 cm³/mol. The molecule has 2 unspecified atom stereocenters. The van der Waals surface area contributed by atoms with Crippen LogP contribution in [0, 0.1) is 11.3 Å². The lowest BCUT2D eigenvalue weighted by Crippen LogP contribution is -2.31. The molecule has 1 saturated carbocycles. The predicted octanol–water partition coefficient (Wildman–Crippen LogP) is 6.17. The van der Waals surface area contributed by atoms with Gasteiger partial charge in [-0.25, -0.2) is 0 Å². The summed E-state index contributed by atoms with van der Waals surface area (Å²) in [5.41, 5.74) is 5.99. The fourth-order valence-electron chi connectivity index (χ4n) is 4.77. The van der Waals surface area contributed by atoms with E-state index in [-0.39, 0.29) is 0 Å². The summed E-state index contributed by atoms with van der Waals surface area (Å²) in [6, 6.07) is 15.1. The smallest absolute Gasteiger partial charge is 0.119 e. The highest BCUT2D eigenvalue weighted by molar-refractivity contribution is 5.87. The molecule has 26 heavy (non-hydrogen) atoms. The molecule has 0 heterocycles. The number of fused-ring (bicyclic) bond motifs is 3. The number of rotatable bonds is 3. The van der Waals surface area contributed by atoms with Crippen molar-refractivity contribution >= 4 is 11.6 Å². The Hall–Kier alpha value is -2.22. The van der Waals surface area contributed by atoms with Crippen molar-refractivity contribution < 1.29 is 9.47 Å². The second-order valence-corrected chi connectivity index (χ2v) is 8.44. The lowest BCUT2D eigenvalue weighted by Gasteiger charge is -2.45. The van der Waals surface area contributed by atoms with Gasteiger partial charge in [0.15, 0.2) is 0 Å². The standard InChI is InChI=1S/C24H28O2/c1-24(2)12-11-20-22-14-19(26-4)10-7-17(22)13-21(23(20)15-24)16-5-8-18(25-3)9-6-16/h5-10,13-14,20,23H,11-12,15H2,1-4H3. The van der Waals surface area contributed by atoms with Crippen LogP contribution >= 0.6 is 0 Å². The lowest BCUT2D eigenvalue weighted by atomic mass is 9.60. The quantitative estimate of drug-likeness (QED) is 0.660. The summed E-state index contributed by atoms with van der Waals surface area (Å²) < 4.78 is 10.8. The van der Waals surface area contributed by atoms with E-state index in [0.717, 1.165) is 11.5 Å². The third kappa shape index (κ3) is 3.02. The Morgan fingerprint density at radius 3 is 2.27 bits per heavy atom. The monoisotopic (exact) mass is 348 g/mol. The van der Waals surface area contributed by atoms with Crippen LogP contribution in [0.15, 0.2) is 42.5 Å². The molecule has 0 saturated heterocycles. The molecule has 0 amide bonds. The fourth-order valence-corrected chi connectivity index (χ4v) is 4.77. The first-order valence-electron chi connectivity index (χ1n) is 9.55. The van der Waals surface area contributed by atoms with E-state index in [9.17, 15) is 0 Å². The van der Waals surface area contributed by atoms with Gasteiger partial charge in [0.05, 0.1) is 14.2 Å². The van der Waals surface area contributed by atoms with Gasteiger partial charge >= 0.3 is 0 Å². The summed E-state index contributed by atoms with van der Waals surface area (Å²) in [5.74, 6) is 3.02. The molecule has 2 aromatic rings. The van der Waals surface area contributed by atoms with Crippen molar-refractivity contribution in [1.29, 1.82) is 0 Å². The normalized spacial score (nSPS) is 23.5.